The lowest BCUT2D eigenvalue weighted by Crippen LogP contribution is -2.39. The molecule has 0 saturated heterocycles. The zero-order chi connectivity index (χ0) is 16.9. The van der Waals surface area contributed by atoms with Crippen LogP contribution in [0.4, 0.5) is 0 Å². The summed E-state index contributed by atoms with van der Waals surface area (Å²) in [5, 5.41) is 0. The SMILES string of the molecule is C=C1CC(C(=O)OCC)(C(=O)OCC)CC1=Cc1ccccc1. The van der Waals surface area contributed by atoms with Crippen LogP contribution in [0.25, 0.3) is 6.08 Å². The van der Waals surface area contributed by atoms with E-state index in [0.717, 1.165) is 16.7 Å². The highest BCUT2D eigenvalue weighted by atomic mass is 16.6. The third-order valence-electron chi connectivity index (χ3n) is 3.93. The first-order chi connectivity index (χ1) is 11.0. The van der Waals surface area contributed by atoms with Crippen molar-refractivity contribution in [2.75, 3.05) is 13.2 Å². The summed E-state index contributed by atoms with van der Waals surface area (Å²) in [6, 6.07) is 9.75. The Morgan fingerprint density at radius 2 is 1.65 bits per heavy atom. The number of carbonyl (C=O) groups is 2. The quantitative estimate of drug-likeness (QED) is 0.616. The predicted octanol–water partition coefficient (Wildman–Crippen LogP) is 3.53. The van der Waals surface area contributed by atoms with Gasteiger partial charge in [-0.2, -0.15) is 0 Å². The maximum Gasteiger partial charge on any atom is 0.324 e. The fraction of sp³-hybridized carbons (Fsp3) is 0.368. The van der Waals surface area contributed by atoms with Crippen molar-refractivity contribution in [1.29, 1.82) is 0 Å². The molecule has 122 valence electrons. The van der Waals surface area contributed by atoms with E-state index < -0.39 is 17.4 Å². The molecule has 0 unspecified atom stereocenters. The Labute approximate surface area is 136 Å². The van der Waals surface area contributed by atoms with Crippen LogP contribution in [-0.4, -0.2) is 25.2 Å². The maximum absolute atomic E-state index is 12.4. The van der Waals surface area contributed by atoms with Crippen LogP contribution in [0.1, 0.15) is 32.3 Å². The lowest BCUT2D eigenvalue weighted by atomic mass is 9.85. The van der Waals surface area contributed by atoms with Gasteiger partial charge in [0.05, 0.1) is 13.2 Å². The highest BCUT2D eigenvalue weighted by Crippen LogP contribution is 2.47. The number of carbonyl (C=O) groups excluding carboxylic acids is 2. The largest absolute Gasteiger partial charge is 0.465 e. The smallest absolute Gasteiger partial charge is 0.324 e. The molecule has 4 heteroatoms. The fourth-order valence-corrected chi connectivity index (χ4v) is 2.80. The fourth-order valence-electron chi connectivity index (χ4n) is 2.80. The summed E-state index contributed by atoms with van der Waals surface area (Å²) in [6.45, 7) is 7.93. The van der Waals surface area contributed by atoms with E-state index in [2.05, 4.69) is 6.58 Å². The summed E-state index contributed by atoms with van der Waals surface area (Å²) in [5.74, 6) is -1.06. The first-order valence-corrected chi connectivity index (χ1v) is 7.81. The number of benzene rings is 1. The number of hydrogen-bond acceptors (Lipinski definition) is 4. The first kappa shape index (κ1) is 17.0. The van der Waals surface area contributed by atoms with Crippen LogP contribution in [0.3, 0.4) is 0 Å². The third kappa shape index (κ3) is 3.52. The van der Waals surface area contributed by atoms with Crippen molar-refractivity contribution in [2.24, 2.45) is 5.41 Å². The van der Waals surface area contributed by atoms with Gasteiger partial charge in [-0.05, 0) is 37.8 Å². The van der Waals surface area contributed by atoms with Gasteiger partial charge in [0.2, 0.25) is 0 Å². The lowest BCUT2D eigenvalue weighted by Gasteiger charge is -2.23. The van der Waals surface area contributed by atoms with Gasteiger partial charge < -0.3 is 9.47 Å². The van der Waals surface area contributed by atoms with E-state index in [1.165, 1.54) is 0 Å². The third-order valence-corrected chi connectivity index (χ3v) is 3.93. The Hall–Kier alpha value is -2.36. The predicted molar refractivity (Wildman–Crippen MR) is 88.5 cm³/mol. The molecule has 0 heterocycles. The maximum atomic E-state index is 12.4. The highest BCUT2D eigenvalue weighted by Gasteiger charge is 2.53. The molecule has 0 bridgehead atoms. The Morgan fingerprint density at radius 1 is 1.09 bits per heavy atom. The van der Waals surface area contributed by atoms with Gasteiger partial charge >= 0.3 is 11.9 Å². The number of ether oxygens (including phenoxy) is 2. The van der Waals surface area contributed by atoms with Gasteiger partial charge in [-0.1, -0.05) is 48.6 Å². The van der Waals surface area contributed by atoms with Crippen LogP contribution in [0.15, 0.2) is 48.1 Å². The Bertz CT molecular complexity index is 610. The summed E-state index contributed by atoms with van der Waals surface area (Å²) in [7, 11) is 0. The molecule has 0 aromatic heterocycles. The molecule has 0 radical (unpaired) electrons. The minimum atomic E-state index is -1.30. The average molecular weight is 314 g/mol. The van der Waals surface area contributed by atoms with E-state index in [-0.39, 0.29) is 26.1 Å². The number of hydrogen-bond donors (Lipinski definition) is 0. The molecule has 0 amide bonds. The summed E-state index contributed by atoms with van der Waals surface area (Å²) < 4.78 is 10.3. The standard InChI is InChI=1S/C19H22O4/c1-4-22-17(20)19(18(21)23-5-2)12-14(3)16(13-19)11-15-9-7-6-8-10-15/h6-11H,3-5,12-13H2,1-2H3. The van der Waals surface area contributed by atoms with Crippen LogP contribution >= 0.6 is 0 Å². The first-order valence-electron chi connectivity index (χ1n) is 7.81. The second-order valence-electron chi connectivity index (χ2n) is 5.56. The van der Waals surface area contributed by atoms with Gasteiger partial charge in [0, 0.05) is 0 Å². The summed E-state index contributed by atoms with van der Waals surface area (Å²) in [5.41, 5.74) is 1.36. The Morgan fingerprint density at radius 3 is 2.17 bits per heavy atom. The second kappa shape index (κ2) is 7.27. The number of allylic oxidation sites excluding steroid dienone is 2. The normalized spacial score (nSPS) is 18.0. The van der Waals surface area contributed by atoms with Crippen molar-refractivity contribution in [1.82, 2.24) is 0 Å². The average Bonchev–Trinajstić information content (AvgIpc) is 2.87. The molecule has 1 aliphatic carbocycles. The zero-order valence-corrected chi connectivity index (χ0v) is 13.6. The van der Waals surface area contributed by atoms with E-state index in [1.54, 1.807) is 13.8 Å². The van der Waals surface area contributed by atoms with Gasteiger partial charge in [-0.3, -0.25) is 9.59 Å². The van der Waals surface area contributed by atoms with Gasteiger partial charge in [0.1, 0.15) is 0 Å². The molecule has 1 fully saturated rings. The molecule has 1 aromatic carbocycles. The summed E-state index contributed by atoms with van der Waals surface area (Å²) in [6.07, 6.45) is 2.46. The number of rotatable bonds is 5. The summed E-state index contributed by atoms with van der Waals surface area (Å²) >= 11 is 0. The molecule has 23 heavy (non-hydrogen) atoms. The Balaban J connectivity index is 2.35. The van der Waals surface area contributed by atoms with Crippen LogP contribution < -0.4 is 0 Å². The van der Waals surface area contributed by atoms with E-state index in [9.17, 15) is 9.59 Å². The minimum Gasteiger partial charge on any atom is -0.465 e. The molecule has 1 aliphatic rings. The lowest BCUT2D eigenvalue weighted by molar-refractivity contribution is -0.171. The van der Waals surface area contributed by atoms with Gasteiger partial charge in [-0.25, -0.2) is 0 Å². The van der Waals surface area contributed by atoms with Crippen LogP contribution in [0, 0.1) is 5.41 Å². The van der Waals surface area contributed by atoms with E-state index >= 15 is 0 Å². The molecule has 4 nitrogen and oxygen atoms in total. The monoisotopic (exact) mass is 314 g/mol. The van der Waals surface area contributed by atoms with Gasteiger partial charge in [0.25, 0.3) is 0 Å². The molecular formula is C19H22O4. The van der Waals surface area contributed by atoms with Crippen molar-refractivity contribution in [3.63, 3.8) is 0 Å². The van der Waals surface area contributed by atoms with Crippen molar-refractivity contribution < 1.29 is 19.1 Å². The molecule has 0 spiro atoms. The van der Waals surface area contributed by atoms with Crippen molar-refractivity contribution in [3.05, 3.63) is 53.6 Å². The second-order valence-corrected chi connectivity index (χ2v) is 5.56. The summed E-state index contributed by atoms with van der Waals surface area (Å²) in [4.78, 5) is 24.9. The topological polar surface area (TPSA) is 52.6 Å². The highest BCUT2D eigenvalue weighted by molar-refractivity contribution is 6.02. The van der Waals surface area contributed by atoms with E-state index in [4.69, 9.17) is 9.47 Å². The van der Waals surface area contributed by atoms with E-state index in [1.807, 2.05) is 36.4 Å². The van der Waals surface area contributed by atoms with Crippen LogP contribution in [0.2, 0.25) is 0 Å². The van der Waals surface area contributed by atoms with E-state index in [0.29, 0.717) is 0 Å². The van der Waals surface area contributed by atoms with Crippen molar-refractivity contribution >= 4 is 18.0 Å². The molecule has 0 N–H and O–H groups in total. The zero-order valence-electron chi connectivity index (χ0n) is 13.6. The van der Waals surface area contributed by atoms with Crippen molar-refractivity contribution in [2.45, 2.75) is 26.7 Å². The minimum absolute atomic E-state index is 0.226. The van der Waals surface area contributed by atoms with Crippen LogP contribution in [-0.2, 0) is 19.1 Å². The van der Waals surface area contributed by atoms with Gasteiger partial charge in [-0.15, -0.1) is 0 Å². The molecule has 0 aliphatic heterocycles. The molecular weight excluding hydrogens is 292 g/mol. The van der Waals surface area contributed by atoms with Crippen molar-refractivity contribution in [3.8, 4) is 0 Å². The molecule has 1 saturated carbocycles. The molecule has 0 atom stereocenters. The number of esters is 2. The van der Waals surface area contributed by atoms with Crippen LogP contribution in [0.5, 0.6) is 0 Å². The molecule has 2 rings (SSSR count). The Kier molecular flexibility index (Phi) is 5.37. The molecule has 1 aromatic rings. The van der Waals surface area contributed by atoms with Gasteiger partial charge in [0.15, 0.2) is 5.41 Å².